The van der Waals surface area contributed by atoms with Crippen LogP contribution in [0.1, 0.15) is 0 Å². The smallest absolute Gasteiger partial charge is 0.318 e. The summed E-state index contributed by atoms with van der Waals surface area (Å²) < 4.78 is 5.23. The lowest BCUT2D eigenvalue weighted by atomic mass is 10.6. The van der Waals surface area contributed by atoms with Crippen LogP contribution in [0.25, 0.3) is 0 Å². The molecular formula is C8H13N3O2S. The van der Waals surface area contributed by atoms with E-state index in [1.165, 1.54) is 0 Å². The summed E-state index contributed by atoms with van der Waals surface area (Å²) in [6, 6.07) is 1.91. The largest absolute Gasteiger partial charge is 0.463 e. The molecule has 0 saturated heterocycles. The number of nitrogens with zero attached hydrogens (tertiary/aromatic N) is 2. The Morgan fingerprint density at radius 3 is 3.07 bits per heavy atom. The third-order valence-electron chi connectivity index (χ3n) is 1.35. The van der Waals surface area contributed by atoms with Crippen LogP contribution in [0.3, 0.4) is 0 Å². The number of nitrogens with two attached hydrogens (primary N) is 1. The monoisotopic (exact) mass is 215 g/mol. The highest BCUT2D eigenvalue weighted by Crippen LogP contribution is 2.05. The highest BCUT2D eigenvalue weighted by atomic mass is 32.2. The summed E-state index contributed by atoms with van der Waals surface area (Å²) in [6.45, 7) is 0.716. The molecule has 78 valence electrons. The number of aliphatic hydroxyl groups excluding tert-OH is 1. The van der Waals surface area contributed by atoms with Crippen LogP contribution in [0.2, 0.25) is 0 Å². The van der Waals surface area contributed by atoms with E-state index in [2.05, 4.69) is 9.97 Å². The maximum absolute atomic E-state index is 8.52. The second-order valence-electron chi connectivity index (χ2n) is 2.45. The third kappa shape index (κ3) is 4.29. The average molecular weight is 215 g/mol. The maximum atomic E-state index is 8.52. The first-order valence-electron chi connectivity index (χ1n) is 4.23. The summed E-state index contributed by atoms with van der Waals surface area (Å²) in [7, 11) is 0. The van der Waals surface area contributed by atoms with E-state index in [0.29, 0.717) is 18.4 Å². The van der Waals surface area contributed by atoms with Crippen molar-refractivity contribution in [3.63, 3.8) is 0 Å². The van der Waals surface area contributed by atoms with Gasteiger partial charge in [0.2, 0.25) is 0 Å². The highest BCUT2D eigenvalue weighted by molar-refractivity contribution is 7.99. The lowest BCUT2D eigenvalue weighted by Gasteiger charge is -2.03. The zero-order chi connectivity index (χ0) is 10.2. The molecule has 0 aliphatic heterocycles. The number of rotatable bonds is 6. The van der Waals surface area contributed by atoms with Crippen LogP contribution in [0.5, 0.6) is 6.01 Å². The Balaban J connectivity index is 2.18. The van der Waals surface area contributed by atoms with Gasteiger partial charge in [0.1, 0.15) is 12.4 Å². The van der Waals surface area contributed by atoms with Crippen molar-refractivity contribution in [1.82, 2.24) is 9.97 Å². The number of anilines is 1. The van der Waals surface area contributed by atoms with Crippen LogP contribution in [-0.2, 0) is 0 Å². The van der Waals surface area contributed by atoms with Crippen molar-refractivity contribution in [3.05, 3.63) is 12.3 Å². The molecule has 0 saturated carbocycles. The van der Waals surface area contributed by atoms with Crippen LogP contribution in [0.4, 0.5) is 5.82 Å². The average Bonchev–Trinajstić information content (AvgIpc) is 2.18. The number of nitrogen functional groups attached to an aromatic ring is 1. The molecule has 3 N–H and O–H groups in total. The molecule has 1 aromatic rings. The summed E-state index contributed by atoms with van der Waals surface area (Å²) in [5, 5.41) is 8.52. The Kier molecular flexibility index (Phi) is 5.09. The summed E-state index contributed by atoms with van der Waals surface area (Å²) in [6.07, 6.45) is 1.55. The van der Waals surface area contributed by atoms with E-state index in [-0.39, 0.29) is 6.61 Å². The molecule has 0 bridgehead atoms. The van der Waals surface area contributed by atoms with Crippen molar-refractivity contribution in [2.45, 2.75) is 0 Å². The number of ether oxygens (including phenoxy) is 1. The summed E-state index contributed by atoms with van der Waals surface area (Å²) >= 11 is 1.61. The Bertz CT molecular complexity index is 273. The van der Waals surface area contributed by atoms with Gasteiger partial charge in [-0.05, 0) is 6.07 Å². The molecule has 1 aromatic heterocycles. The van der Waals surface area contributed by atoms with Crippen LogP contribution < -0.4 is 10.5 Å². The van der Waals surface area contributed by atoms with Crippen molar-refractivity contribution in [3.8, 4) is 6.01 Å². The topological polar surface area (TPSA) is 81.3 Å². The number of aliphatic hydroxyl groups is 1. The number of hydrogen-bond acceptors (Lipinski definition) is 6. The molecule has 0 spiro atoms. The number of hydrogen-bond donors (Lipinski definition) is 2. The molecule has 14 heavy (non-hydrogen) atoms. The third-order valence-corrected chi connectivity index (χ3v) is 2.28. The van der Waals surface area contributed by atoms with Crippen LogP contribution in [-0.4, -0.2) is 39.8 Å². The number of aromatic nitrogens is 2. The predicted molar refractivity (Wildman–Crippen MR) is 56.4 cm³/mol. The van der Waals surface area contributed by atoms with Crippen molar-refractivity contribution in [1.29, 1.82) is 0 Å². The van der Waals surface area contributed by atoms with Gasteiger partial charge in [-0.25, -0.2) is 4.98 Å². The van der Waals surface area contributed by atoms with E-state index < -0.39 is 0 Å². The van der Waals surface area contributed by atoms with Crippen molar-refractivity contribution >= 4 is 17.6 Å². The molecule has 0 atom stereocenters. The molecule has 0 fully saturated rings. The molecule has 0 aliphatic carbocycles. The highest BCUT2D eigenvalue weighted by Gasteiger charge is 1.96. The Morgan fingerprint density at radius 1 is 1.50 bits per heavy atom. The van der Waals surface area contributed by atoms with Gasteiger partial charge in [0.05, 0.1) is 6.61 Å². The van der Waals surface area contributed by atoms with E-state index in [0.717, 1.165) is 11.5 Å². The van der Waals surface area contributed by atoms with E-state index in [9.17, 15) is 0 Å². The molecule has 0 amide bonds. The quantitative estimate of drug-likeness (QED) is 0.658. The molecule has 5 nitrogen and oxygen atoms in total. The van der Waals surface area contributed by atoms with Crippen LogP contribution in [0, 0.1) is 0 Å². The summed E-state index contributed by atoms with van der Waals surface area (Å²) in [4.78, 5) is 7.76. The zero-order valence-corrected chi connectivity index (χ0v) is 8.54. The van der Waals surface area contributed by atoms with Gasteiger partial charge in [0.25, 0.3) is 0 Å². The van der Waals surface area contributed by atoms with Crippen molar-refractivity contribution in [2.75, 3.05) is 30.5 Å². The van der Waals surface area contributed by atoms with Gasteiger partial charge in [-0.2, -0.15) is 16.7 Å². The standard InChI is InChI=1S/C8H13N3O2S/c9-7-1-2-10-8(11-7)13-4-6-14-5-3-12/h1-2,12H,3-6H2,(H2,9,10,11). The Labute approximate surface area is 86.7 Å². The fourth-order valence-electron chi connectivity index (χ4n) is 0.782. The van der Waals surface area contributed by atoms with E-state index in [1.54, 1.807) is 24.0 Å². The van der Waals surface area contributed by atoms with Gasteiger partial charge in [-0.15, -0.1) is 0 Å². The number of thioether (sulfide) groups is 1. The van der Waals surface area contributed by atoms with Crippen LogP contribution >= 0.6 is 11.8 Å². The fraction of sp³-hybridized carbons (Fsp3) is 0.500. The van der Waals surface area contributed by atoms with Gasteiger partial charge in [0, 0.05) is 17.7 Å². The lowest BCUT2D eigenvalue weighted by Crippen LogP contribution is -2.05. The van der Waals surface area contributed by atoms with Gasteiger partial charge < -0.3 is 15.6 Å². The summed E-state index contributed by atoms with van der Waals surface area (Å²) in [5.41, 5.74) is 5.44. The SMILES string of the molecule is Nc1ccnc(OCCSCCO)n1. The zero-order valence-electron chi connectivity index (χ0n) is 7.72. The molecule has 1 heterocycles. The lowest BCUT2D eigenvalue weighted by molar-refractivity contribution is 0.314. The molecule has 6 heteroatoms. The second kappa shape index (κ2) is 6.44. The first-order chi connectivity index (χ1) is 6.83. The van der Waals surface area contributed by atoms with E-state index in [4.69, 9.17) is 15.6 Å². The molecule has 0 aromatic carbocycles. The molecule has 1 rings (SSSR count). The second-order valence-corrected chi connectivity index (χ2v) is 3.67. The summed E-state index contributed by atoms with van der Waals surface area (Å²) in [5.74, 6) is 1.93. The van der Waals surface area contributed by atoms with Gasteiger partial charge in [-0.3, -0.25) is 0 Å². The van der Waals surface area contributed by atoms with Gasteiger partial charge >= 0.3 is 6.01 Å². The van der Waals surface area contributed by atoms with Crippen LogP contribution in [0.15, 0.2) is 12.3 Å². The first-order valence-corrected chi connectivity index (χ1v) is 5.38. The minimum absolute atomic E-state index is 0.194. The van der Waals surface area contributed by atoms with Gasteiger partial charge in [0.15, 0.2) is 0 Å². The normalized spacial score (nSPS) is 10.1. The Hall–Kier alpha value is -1.01. The predicted octanol–water partition coefficient (Wildman–Crippen LogP) is 0.163. The molecule has 0 radical (unpaired) electrons. The molecular weight excluding hydrogens is 202 g/mol. The fourth-order valence-corrected chi connectivity index (χ4v) is 1.32. The van der Waals surface area contributed by atoms with Crippen molar-refractivity contribution < 1.29 is 9.84 Å². The minimum atomic E-state index is 0.194. The minimum Gasteiger partial charge on any atom is -0.463 e. The van der Waals surface area contributed by atoms with Crippen molar-refractivity contribution in [2.24, 2.45) is 0 Å². The first kappa shape index (κ1) is 11.1. The van der Waals surface area contributed by atoms with E-state index in [1.807, 2.05) is 0 Å². The molecule has 0 aliphatic rings. The van der Waals surface area contributed by atoms with Gasteiger partial charge in [-0.1, -0.05) is 0 Å². The molecule has 0 unspecified atom stereocenters. The van der Waals surface area contributed by atoms with E-state index >= 15 is 0 Å². The maximum Gasteiger partial charge on any atom is 0.318 e. The Morgan fingerprint density at radius 2 is 2.36 bits per heavy atom.